The first-order valence-corrected chi connectivity index (χ1v) is 9.65. The van der Waals surface area contributed by atoms with Crippen molar-refractivity contribution < 1.29 is 4.79 Å². The second-order valence-corrected chi connectivity index (χ2v) is 9.06. The van der Waals surface area contributed by atoms with Crippen LogP contribution in [0, 0.1) is 11.3 Å². The molecule has 1 aromatic carbocycles. The Hall–Kier alpha value is -1.57. The first-order valence-electron chi connectivity index (χ1n) is 9.65. The zero-order valence-corrected chi connectivity index (χ0v) is 17.5. The van der Waals surface area contributed by atoms with Gasteiger partial charge in [0.1, 0.15) is 0 Å². The Bertz CT molecular complexity index is 666. The van der Waals surface area contributed by atoms with E-state index in [1.807, 2.05) is 0 Å². The van der Waals surface area contributed by atoms with Crippen molar-refractivity contribution in [2.75, 3.05) is 11.4 Å². The van der Waals surface area contributed by atoms with E-state index < -0.39 is 0 Å². The van der Waals surface area contributed by atoms with E-state index in [9.17, 15) is 4.79 Å². The van der Waals surface area contributed by atoms with Crippen molar-refractivity contribution in [1.29, 1.82) is 0 Å². The van der Waals surface area contributed by atoms with E-state index in [2.05, 4.69) is 85.4 Å². The molecule has 0 N–H and O–H groups in total. The topological polar surface area (TPSA) is 20.3 Å². The standard InChI is InChI=1S/C23H35NO/c1-14(2)18-11-10-12-19(15(3)4)21(18)24-13-23(8,9)17(7)20(16(5)6)22(24)25/h10-12,14-16H,13H2,1-9H3. The maximum atomic E-state index is 13.5. The number of hydrogen-bond acceptors (Lipinski definition) is 1. The van der Waals surface area contributed by atoms with Gasteiger partial charge < -0.3 is 4.90 Å². The van der Waals surface area contributed by atoms with E-state index in [-0.39, 0.29) is 17.2 Å². The zero-order chi connectivity index (χ0) is 19.1. The van der Waals surface area contributed by atoms with E-state index in [0.717, 1.165) is 17.8 Å². The average Bonchev–Trinajstić information content (AvgIpc) is 2.50. The molecule has 1 amide bonds. The Kier molecular flexibility index (Phi) is 5.51. The fraction of sp³-hybridized carbons (Fsp3) is 0.609. The molecule has 0 radical (unpaired) electrons. The molecule has 1 aliphatic rings. The van der Waals surface area contributed by atoms with Crippen LogP contribution in [-0.4, -0.2) is 12.5 Å². The molecule has 2 heteroatoms. The van der Waals surface area contributed by atoms with Gasteiger partial charge in [-0.1, -0.05) is 79.2 Å². The van der Waals surface area contributed by atoms with Gasteiger partial charge in [-0.2, -0.15) is 0 Å². The lowest BCUT2D eigenvalue weighted by Crippen LogP contribution is -2.47. The van der Waals surface area contributed by atoms with Crippen LogP contribution in [0.5, 0.6) is 0 Å². The average molecular weight is 342 g/mol. The van der Waals surface area contributed by atoms with Gasteiger partial charge in [-0.3, -0.25) is 4.79 Å². The third-order valence-electron chi connectivity index (χ3n) is 5.64. The molecule has 0 saturated carbocycles. The molecule has 138 valence electrons. The van der Waals surface area contributed by atoms with Gasteiger partial charge in [0.25, 0.3) is 5.91 Å². The van der Waals surface area contributed by atoms with E-state index in [0.29, 0.717) is 11.8 Å². The molecule has 2 rings (SSSR count). The minimum Gasteiger partial charge on any atom is -0.307 e. The van der Waals surface area contributed by atoms with Gasteiger partial charge in [0.15, 0.2) is 0 Å². The van der Waals surface area contributed by atoms with Crippen LogP contribution in [0.3, 0.4) is 0 Å². The Morgan fingerprint density at radius 3 is 1.80 bits per heavy atom. The molecule has 0 unspecified atom stereocenters. The first kappa shape index (κ1) is 19.8. The number of nitrogens with zero attached hydrogens (tertiary/aromatic N) is 1. The summed E-state index contributed by atoms with van der Waals surface area (Å²) in [6, 6.07) is 6.51. The Morgan fingerprint density at radius 2 is 1.40 bits per heavy atom. The summed E-state index contributed by atoms with van der Waals surface area (Å²) in [5.74, 6) is 1.21. The summed E-state index contributed by atoms with van der Waals surface area (Å²) >= 11 is 0. The quantitative estimate of drug-likeness (QED) is 0.631. The van der Waals surface area contributed by atoms with Crippen molar-refractivity contribution in [3.05, 3.63) is 40.5 Å². The molecule has 0 bridgehead atoms. The number of carbonyl (C=O) groups is 1. The molecule has 0 aromatic heterocycles. The summed E-state index contributed by atoms with van der Waals surface area (Å²) in [7, 11) is 0. The number of rotatable bonds is 4. The Balaban J connectivity index is 2.73. The lowest BCUT2D eigenvalue weighted by molar-refractivity contribution is -0.116. The molecule has 0 spiro atoms. The van der Waals surface area contributed by atoms with Gasteiger partial charge >= 0.3 is 0 Å². The van der Waals surface area contributed by atoms with Gasteiger partial charge in [0, 0.05) is 17.5 Å². The molecule has 0 atom stereocenters. The molecule has 1 aromatic rings. The summed E-state index contributed by atoms with van der Waals surface area (Å²) < 4.78 is 0. The van der Waals surface area contributed by atoms with Crippen molar-refractivity contribution >= 4 is 11.6 Å². The predicted molar refractivity (Wildman–Crippen MR) is 108 cm³/mol. The van der Waals surface area contributed by atoms with Crippen LogP contribution in [0.25, 0.3) is 0 Å². The van der Waals surface area contributed by atoms with E-state index in [1.165, 1.54) is 16.7 Å². The summed E-state index contributed by atoms with van der Waals surface area (Å²) in [5.41, 5.74) is 5.93. The van der Waals surface area contributed by atoms with Crippen molar-refractivity contribution in [2.45, 2.75) is 74.1 Å². The number of benzene rings is 1. The molecule has 0 saturated heterocycles. The van der Waals surface area contributed by atoms with Gasteiger partial charge in [0.2, 0.25) is 0 Å². The van der Waals surface area contributed by atoms with Crippen molar-refractivity contribution in [3.63, 3.8) is 0 Å². The molecule has 1 heterocycles. The normalized spacial score (nSPS) is 18.1. The largest absolute Gasteiger partial charge is 0.307 e. The van der Waals surface area contributed by atoms with Crippen LogP contribution in [0.15, 0.2) is 29.3 Å². The fourth-order valence-electron chi connectivity index (χ4n) is 3.94. The minimum absolute atomic E-state index is 0.00808. The lowest BCUT2D eigenvalue weighted by Gasteiger charge is -2.43. The highest BCUT2D eigenvalue weighted by molar-refractivity contribution is 6.08. The monoisotopic (exact) mass is 341 g/mol. The second kappa shape index (κ2) is 6.97. The number of carbonyl (C=O) groups excluding carboxylic acids is 1. The van der Waals surface area contributed by atoms with Crippen LogP contribution in [0.2, 0.25) is 0 Å². The molecule has 0 fully saturated rings. The number of anilines is 1. The van der Waals surface area contributed by atoms with Crippen LogP contribution in [0.1, 0.15) is 85.3 Å². The summed E-state index contributed by atoms with van der Waals surface area (Å²) in [4.78, 5) is 15.6. The molecular weight excluding hydrogens is 306 g/mol. The minimum atomic E-state index is -0.00808. The number of amides is 1. The van der Waals surface area contributed by atoms with Crippen LogP contribution in [-0.2, 0) is 4.79 Å². The highest BCUT2D eigenvalue weighted by Gasteiger charge is 2.39. The lowest BCUT2D eigenvalue weighted by atomic mass is 9.75. The molecular formula is C23H35NO. The van der Waals surface area contributed by atoms with Crippen LogP contribution < -0.4 is 4.90 Å². The Labute approximate surface area is 154 Å². The third kappa shape index (κ3) is 3.54. The van der Waals surface area contributed by atoms with Gasteiger partial charge in [-0.25, -0.2) is 0 Å². The fourth-order valence-corrected chi connectivity index (χ4v) is 3.94. The smallest absolute Gasteiger partial charge is 0.254 e. The van der Waals surface area contributed by atoms with Crippen molar-refractivity contribution in [1.82, 2.24) is 0 Å². The zero-order valence-electron chi connectivity index (χ0n) is 17.5. The van der Waals surface area contributed by atoms with Crippen LogP contribution in [0.4, 0.5) is 5.69 Å². The summed E-state index contributed by atoms with van der Waals surface area (Å²) in [6.07, 6.45) is 0. The first-order chi connectivity index (χ1) is 11.5. The van der Waals surface area contributed by atoms with Crippen molar-refractivity contribution in [3.8, 4) is 0 Å². The van der Waals surface area contributed by atoms with E-state index >= 15 is 0 Å². The molecule has 1 aliphatic heterocycles. The highest BCUT2D eigenvalue weighted by atomic mass is 16.2. The van der Waals surface area contributed by atoms with Gasteiger partial charge in [-0.05, 0) is 35.8 Å². The highest BCUT2D eigenvalue weighted by Crippen LogP contribution is 2.43. The van der Waals surface area contributed by atoms with Gasteiger partial charge in [-0.15, -0.1) is 0 Å². The number of para-hydroxylation sites is 1. The maximum absolute atomic E-state index is 13.5. The summed E-state index contributed by atoms with van der Waals surface area (Å²) in [5, 5.41) is 0. The third-order valence-corrected chi connectivity index (χ3v) is 5.64. The van der Waals surface area contributed by atoms with Crippen LogP contribution >= 0.6 is 0 Å². The Morgan fingerprint density at radius 1 is 0.920 bits per heavy atom. The molecule has 2 nitrogen and oxygen atoms in total. The molecule has 25 heavy (non-hydrogen) atoms. The SMILES string of the molecule is CC1=C(C(C)C)C(=O)N(c2c(C(C)C)cccc2C(C)C)CC1(C)C. The number of hydrogen-bond donors (Lipinski definition) is 0. The predicted octanol–water partition coefficient (Wildman–Crippen LogP) is 6.28. The van der Waals surface area contributed by atoms with Crippen molar-refractivity contribution in [2.24, 2.45) is 11.3 Å². The second-order valence-electron chi connectivity index (χ2n) is 9.06. The van der Waals surface area contributed by atoms with E-state index in [4.69, 9.17) is 0 Å². The molecule has 0 aliphatic carbocycles. The van der Waals surface area contributed by atoms with E-state index in [1.54, 1.807) is 0 Å². The maximum Gasteiger partial charge on any atom is 0.254 e. The van der Waals surface area contributed by atoms with Gasteiger partial charge in [0.05, 0.1) is 5.69 Å². The summed E-state index contributed by atoms with van der Waals surface area (Å²) in [6.45, 7) is 20.5.